The SMILES string of the molecule is CCc1nn(C)cc1-n1cccc1C(=O)O. The van der Waals surface area contributed by atoms with Gasteiger partial charge in [0.05, 0.1) is 11.4 Å². The Kier molecular flexibility index (Phi) is 2.52. The van der Waals surface area contributed by atoms with E-state index in [1.54, 1.807) is 27.6 Å². The van der Waals surface area contributed by atoms with E-state index in [9.17, 15) is 4.79 Å². The van der Waals surface area contributed by atoms with Crippen molar-refractivity contribution < 1.29 is 9.90 Å². The van der Waals surface area contributed by atoms with Crippen LogP contribution < -0.4 is 0 Å². The molecule has 0 amide bonds. The molecule has 0 bridgehead atoms. The summed E-state index contributed by atoms with van der Waals surface area (Å²) in [6, 6.07) is 3.30. The van der Waals surface area contributed by atoms with E-state index in [0.717, 1.165) is 17.8 Å². The normalized spacial score (nSPS) is 10.6. The summed E-state index contributed by atoms with van der Waals surface area (Å²) >= 11 is 0. The van der Waals surface area contributed by atoms with E-state index in [2.05, 4.69) is 5.10 Å². The van der Waals surface area contributed by atoms with Crippen molar-refractivity contribution in [2.75, 3.05) is 0 Å². The minimum Gasteiger partial charge on any atom is -0.477 e. The van der Waals surface area contributed by atoms with E-state index in [-0.39, 0.29) is 5.69 Å². The van der Waals surface area contributed by atoms with E-state index in [1.807, 2.05) is 20.2 Å². The molecular formula is C11H13N3O2. The molecule has 2 rings (SSSR count). The summed E-state index contributed by atoms with van der Waals surface area (Å²) in [6.45, 7) is 2.00. The summed E-state index contributed by atoms with van der Waals surface area (Å²) < 4.78 is 3.34. The van der Waals surface area contributed by atoms with Gasteiger partial charge in [0.25, 0.3) is 0 Å². The number of aryl methyl sites for hydroxylation is 2. The smallest absolute Gasteiger partial charge is 0.352 e. The van der Waals surface area contributed by atoms with Gasteiger partial charge in [-0.25, -0.2) is 4.79 Å². The highest BCUT2D eigenvalue weighted by Gasteiger charge is 2.14. The summed E-state index contributed by atoms with van der Waals surface area (Å²) in [5, 5.41) is 13.3. The van der Waals surface area contributed by atoms with E-state index in [4.69, 9.17) is 5.11 Å². The number of carboxylic acids is 1. The van der Waals surface area contributed by atoms with Gasteiger partial charge in [-0.2, -0.15) is 5.10 Å². The second-order valence-corrected chi connectivity index (χ2v) is 3.56. The number of carboxylic acid groups (broad SMARTS) is 1. The lowest BCUT2D eigenvalue weighted by atomic mass is 10.3. The third-order valence-electron chi connectivity index (χ3n) is 2.45. The predicted molar refractivity (Wildman–Crippen MR) is 58.9 cm³/mol. The quantitative estimate of drug-likeness (QED) is 0.850. The fraction of sp³-hybridized carbons (Fsp3) is 0.273. The van der Waals surface area contributed by atoms with Crippen LogP contribution in [-0.4, -0.2) is 25.4 Å². The maximum atomic E-state index is 11.0. The lowest BCUT2D eigenvalue weighted by Gasteiger charge is -2.04. The van der Waals surface area contributed by atoms with Gasteiger partial charge in [0.15, 0.2) is 0 Å². The topological polar surface area (TPSA) is 60.0 Å². The van der Waals surface area contributed by atoms with Crippen LogP contribution in [0.1, 0.15) is 23.1 Å². The molecule has 0 aliphatic carbocycles. The largest absolute Gasteiger partial charge is 0.477 e. The van der Waals surface area contributed by atoms with Crippen LogP contribution in [0.5, 0.6) is 0 Å². The van der Waals surface area contributed by atoms with Gasteiger partial charge >= 0.3 is 5.97 Å². The highest BCUT2D eigenvalue weighted by molar-refractivity contribution is 5.86. The number of aromatic nitrogens is 3. The van der Waals surface area contributed by atoms with Gasteiger partial charge in [-0.05, 0) is 18.6 Å². The molecule has 2 heterocycles. The monoisotopic (exact) mass is 219 g/mol. The van der Waals surface area contributed by atoms with Crippen molar-refractivity contribution in [3.8, 4) is 5.69 Å². The first-order valence-electron chi connectivity index (χ1n) is 5.07. The van der Waals surface area contributed by atoms with Gasteiger partial charge in [0.2, 0.25) is 0 Å². The van der Waals surface area contributed by atoms with E-state index < -0.39 is 5.97 Å². The number of hydrogen-bond donors (Lipinski definition) is 1. The van der Waals surface area contributed by atoms with Gasteiger partial charge in [-0.1, -0.05) is 6.92 Å². The first-order valence-corrected chi connectivity index (χ1v) is 5.07. The van der Waals surface area contributed by atoms with Crippen LogP contribution >= 0.6 is 0 Å². The van der Waals surface area contributed by atoms with E-state index in [1.165, 1.54) is 0 Å². The van der Waals surface area contributed by atoms with Crippen LogP contribution in [0.3, 0.4) is 0 Å². The number of aromatic carboxylic acids is 1. The van der Waals surface area contributed by atoms with Gasteiger partial charge in [-0.15, -0.1) is 0 Å². The Balaban J connectivity index is 2.57. The molecule has 0 aliphatic heterocycles. The fourth-order valence-corrected chi connectivity index (χ4v) is 1.74. The molecule has 0 fully saturated rings. The highest BCUT2D eigenvalue weighted by Crippen LogP contribution is 2.16. The molecule has 0 aliphatic rings. The van der Waals surface area contributed by atoms with Crippen molar-refractivity contribution in [1.82, 2.24) is 14.3 Å². The van der Waals surface area contributed by atoms with E-state index in [0.29, 0.717) is 0 Å². The summed E-state index contributed by atoms with van der Waals surface area (Å²) in [4.78, 5) is 11.0. The Morgan fingerprint density at radius 3 is 2.94 bits per heavy atom. The molecule has 2 aromatic rings. The van der Waals surface area contributed by atoms with E-state index >= 15 is 0 Å². The first-order chi connectivity index (χ1) is 7.63. The minimum absolute atomic E-state index is 0.253. The lowest BCUT2D eigenvalue weighted by molar-refractivity contribution is 0.0688. The second-order valence-electron chi connectivity index (χ2n) is 3.56. The van der Waals surface area contributed by atoms with Crippen molar-refractivity contribution in [2.45, 2.75) is 13.3 Å². The zero-order valence-electron chi connectivity index (χ0n) is 9.21. The van der Waals surface area contributed by atoms with Gasteiger partial charge in [0, 0.05) is 19.4 Å². The number of nitrogens with zero attached hydrogens (tertiary/aromatic N) is 3. The summed E-state index contributed by atoms with van der Waals surface area (Å²) in [5.74, 6) is -0.934. The molecule has 1 N–H and O–H groups in total. The molecule has 0 unspecified atom stereocenters. The molecule has 0 saturated carbocycles. The molecule has 5 heteroatoms. The Morgan fingerprint density at radius 1 is 1.56 bits per heavy atom. The van der Waals surface area contributed by atoms with Gasteiger partial charge in [0.1, 0.15) is 5.69 Å². The van der Waals surface area contributed by atoms with Crippen molar-refractivity contribution in [3.63, 3.8) is 0 Å². The molecule has 16 heavy (non-hydrogen) atoms. The average molecular weight is 219 g/mol. The fourth-order valence-electron chi connectivity index (χ4n) is 1.74. The summed E-state index contributed by atoms with van der Waals surface area (Å²) in [5.41, 5.74) is 1.97. The molecule has 0 spiro atoms. The van der Waals surface area contributed by atoms with Crippen LogP contribution in [0.15, 0.2) is 24.5 Å². The Bertz CT molecular complexity index is 525. The molecule has 0 aromatic carbocycles. The first kappa shape index (κ1) is 10.5. The number of hydrogen-bond acceptors (Lipinski definition) is 2. The molecule has 0 saturated heterocycles. The zero-order valence-corrected chi connectivity index (χ0v) is 9.21. The van der Waals surface area contributed by atoms with Crippen molar-refractivity contribution in [1.29, 1.82) is 0 Å². The van der Waals surface area contributed by atoms with Crippen molar-refractivity contribution in [3.05, 3.63) is 35.9 Å². The number of carbonyl (C=O) groups is 1. The van der Waals surface area contributed by atoms with Crippen LogP contribution in [0.4, 0.5) is 0 Å². The lowest BCUT2D eigenvalue weighted by Crippen LogP contribution is -2.06. The number of rotatable bonds is 3. The third-order valence-corrected chi connectivity index (χ3v) is 2.45. The summed E-state index contributed by atoms with van der Waals surface area (Å²) in [6.07, 6.45) is 4.33. The Hall–Kier alpha value is -2.04. The molecule has 0 atom stereocenters. The summed E-state index contributed by atoms with van der Waals surface area (Å²) in [7, 11) is 1.83. The maximum absolute atomic E-state index is 11.0. The van der Waals surface area contributed by atoms with Gasteiger partial charge in [-0.3, -0.25) is 4.68 Å². The predicted octanol–water partition coefficient (Wildman–Crippen LogP) is 1.47. The maximum Gasteiger partial charge on any atom is 0.352 e. The van der Waals surface area contributed by atoms with Gasteiger partial charge < -0.3 is 9.67 Å². The van der Waals surface area contributed by atoms with Crippen LogP contribution in [0.25, 0.3) is 5.69 Å². The van der Waals surface area contributed by atoms with Crippen molar-refractivity contribution in [2.24, 2.45) is 7.05 Å². The molecule has 5 nitrogen and oxygen atoms in total. The molecular weight excluding hydrogens is 206 g/mol. The Labute approximate surface area is 92.9 Å². The molecule has 84 valence electrons. The van der Waals surface area contributed by atoms with Crippen LogP contribution in [0, 0.1) is 0 Å². The molecule has 0 radical (unpaired) electrons. The second kappa shape index (κ2) is 3.84. The van der Waals surface area contributed by atoms with Crippen LogP contribution in [0.2, 0.25) is 0 Å². The van der Waals surface area contributed by atoms with Crippen molar-refractivity contribution >= 4 is 5.97 Å². The highest BCUT2D eigenvalue weighted by atomic mass is 16.4. The zero-order chi connectivity index (χ0) is 11.7. The third kappa shape index (κ3) is 1.60. The standard InChI is InChI=1S/C11H13N3O2/c1-3-8-10(7-13(2)12-8)14-6-4-5-9(14)11(15)16/h4-7H,3H2,1-2H3,(H,15,16). The Morgan fingerprint density at radius 2 is 2.31 bits per heavy atom. The molecule has 2 aromatic heterocycles. The minimum atomic E-state index is -0.934. The van der Waals surface area contributed by atoms with Crippen LogP contribution in [-0.2, 0) is 13.5 Å². The average Bonchev–Trinajstić information content (AvgIpc) is 2.82.